The van der Waals surface area contributed by atoms with E-state index >= 15 is 0 Å². The average Bonchev–Trinajstić information content (AvgIpc) is 2.83. The highest BCUT2D eigenvalue weighted by atomic mass is 32.1. The lowest BCUT2D eigenvalue weighted by molar-refractivity contribution is 0.318. The summed E-state index contributed by atoms with van der Waals surface area (Å²) in [7, 11) is 0. The molecule has 2 rings (SSSR count). The van der Waals surface area contributed by atoms with Crippen LogP contribution in [0.15, 0.2) is 33.5 Å². The van der Waals surface area contributed by atoms with E-state index in [4.69, 9.17) is 10.9 Å². The number of amidine groups is 1. The number of hydrogen-bond donors (Lipinski definition) is 4. The molecule has 8 heteroatoms. The molecule has 0 aliphatic carbocycles. The van der Waals surface area contributed by atoms with Crippen LogP contribution in [0, 0.1) is 5.82 Å². The first-order chi connectivity index (χ1) is 9.58. The summed E-state index contributed by atoms with van der Waals surface area (Å²) in [6.07, 6.45) is 0. The molecule has 0 bridgehead atoms. The minimum atomic E-state index is -0.463. The Bertz CT molecular complexity index is 680. The van der Waals surface area contributed by atoms with E-state index in [0.717, 1.165) is 17.0 Å². The number of nitrogens with one attached hydrogen (secondary N) is 2. The van der Waals surface area contributed by atoms with Gasteiger partial charge in [0, 0.05) is 29.7 Å². The first kappa shape index (κ1) is 14.2. The van der Waals surface area contributed by atoms with Gasteiger partial charge in [-0.1, -0.05) is 16.5 Å². The first-order valence-electron chi connectivity index (χ1n) is 5.73. The summed E-state index contributed by atoms with van der Waals surface area (Å²) in [5, 5.41) is 16.2. The van der Waals surface area contributed by atoms with Gasteiger partial charge in [0.15, 0.2) is 5.84 Å². The smallest absolute Gasteiger partial charge is 0.304 e. The van der Waals surface area contributed by atoms with Gasteiger partial charge >= 0.3 is 4.87 Å². The third-order valence-electron chi connectivity index (χ3n) is 2.58. The second kappa shape index (κ2) is 6.31. The number of hydrogen-bond acceptors (Lipinski definition) is 5. The quantitative estimate of drug-likeness (QED) is 0.285. The summed E-state index contributed by atoms with van der Waals surface area (Å²) in [6.45, 7) is 0.857. The molecule has 0 unspecified atom stereocenters. The van der Waals surface area contributed by atoms with Crippen LogP contribution in [-0.2, 0) is 13.1 Å². The molecule has 1 heterocycles. The van der Waals surface area contributed by atoms with Crippen LogP contribution in [0.3, 0.4) is 0 Å². The molecular formula is C12H13FN4O2S. The SMILES string of the molecule is N/C(=N/O)c1cc(F)cc(CNCc2csc(=O)[nH]2)c1. The van der Waals surface area contributed by atoms with Crippen LogP contribution in [-0.4, -0.2) is 16.0 Å². The number of nitrogens with zero attached hydrogens (tertiary/aromatic N) is 1. The average molecular weight is 296 g/mol. The Hall–Kier alpha value is -2.19. The third kappa shape index (κ3) is 3.65. The van der Waals surface area contributed by atoms with Gasteiger partial charge in [0.2, 0.25) is 0 Å². The molecule has 0 saturated heterocycles. The molecule has 0 atom stereocenters. The maximum atomic E-state index is 13.4. The standard InChI is InChI=1S/C12H13FN4O2S/c13-9-2-7(1-8(3-9)11(14)17-19)4-15-5-10-6-20-12(18)16-10/h1-3,6,15,19H,4-5H2,(H2,14,17)(H,16,18). The molecule has 1 aromatic heterocycles. The molecule has 0 radical (unpaired) electrons. The number of H-pyrrole nitrogens is 1. The monoisotopic (exact) mass is 296 g/mol. The van der Waals surface area contributed by atoms with Crippen LogP contribution in [0.1, 0.15) is 16.8 Å². The predicted octanol–water partition coefficient (Wildman–Crippen LogP) is 0.960. The minimum absolute atomic E-state index is 0.109. The summed E-state index contributed by atoms with van der Waals surface area (Å²) in [4.78, 5) is 13.5. The van der Waals surface area contributed by atoms with E-state index in [0.29, 0.717) is 24.2 Å². The molecule has 6 nitrogen and oxygen atoms in total. The highest BCUT2D eigenvalue weighted by Gasteiger charge is 2.05. The van der Waals surface area contributed by atoms with Crippen molar-refractivity contribution in [1.82, 2.24) is 10.3 Å². The van der Waals surface area contributed by atoms with Crippen molar-refractivity contribution in [3.05, 3.63) is 55.9 Å². The molecule has 0 aliphatic heterocycles. The third-order valence-corrected chi connectivity index (χ3v) is 3.29. The first-order valence-corrected chi connectivity index (χ1v) is 6.61. The number of benzene rings is 1. The molecule has 5 N–H and O–H groups in total. The second-order valence-electron chi connectivity index (χ2n) is 4.11. The van der Waals surface area contributed by atoms with Gasteiger partial charge in [0.1, 0.15) is 5.82 Å². The fraction of sp³-hybridized carbons (Fsp3) is 0.167. The van der Waals surface area contributed by atoms with Gasteiger partial charge in [-0.25, -0.2) is 4.39 Å². The highest BCUT2D eigenvalue weighted by molar-refractivity contribution is 7.07. The van der Waals surface area contributed by atoms with Crippen molar-refractivity contribution in [3.63, 3.8) is 0 Å². The van der Waals surface area contributed by atoms with E-state index in [-0.39, 0.29) is 10.7 Å². The lowest BCUT2D eigenvalue weighted by Gasteiger charge is -2.06. The number of rotatable bonds is 5. The Labute approximate surface area is 117 Å². The van der Waals surface area contributed by atoms with Crippen LogP contribution in [0.25, 0.3) is 0 Å². The Kier molecular flexibility index (Phi) is 4.49. The van der Waals surface area contributed by atoms with Crippen LogP contribution < -0.4 is 15.9 Å². The van der Waals surface area contributed by atoms with Gasteiger partial charge in [-0.15, -0.1) is 0 Å². The Morgan fingerprint density at radius 3 is 2.90 bits per heavy atom. The van der Waals surface area contributed by atoms with Gasteiger partial charge in [-0.05, 0) is 23.8 Å². The van der Waals surface area contributed by atoms with Crippen LogP contribution in [0.4, 0.5) is 4.39 Å². The Balaban J connectivity index is 2.02. The van der Waals surface area contributed by atoms with Gasteiger partial charge < -0.3 is 21.2 Å². The van der Waals surface area contributed by atoms with Crippen molar-refractivity contribution < 1.29 is 9.60 Å². The molecule has 20 heavy (non-hydrogen) atoms. The molecular weight excluding hydrogens is 283 g/mol. The zero-order valence-corrected chi connectivity index (χ0v) is 11.2. The molecule has 1 aromatic carbocycles. The lowest BCUT2D eigenvalue weighted by atomic mass is 10.1. The van der Waals surface area contributed by atoms with Crippen molar-refractivity contribution in [2.24, 2.45) is 10.9 Å². The fourth-order valence-corrected chi connectivity index (χ4v) is 2.28. The second-order valence-corrected chi connectivity index (χ2v) is 4.95. The normalized spacial score (nSPS) is 11.8. The molecule has 0 saturated carbocycles. The molecule has 2 aromatic rings. The molecule has 106 valence electrons. The van der Waals surface area contributed by atoms with Crippen molar-refractivity contribution in [2.75, 3.05) is 0 Å². The summed E-state index contributed by atoms with van der Waals surface area (Å²) < 4.78 is 13.4. The highest BCUT2D eigenvalue weighted by Crippen LogP contribution is 2.09. The molecule has 0 fully saturated rings. The number of aromatic nitrogens is 1. The van der Waals surface area contributed by atoms with Crippen molar-refractivity contribution >= 4 is 17.2 Å². The fourth-order valence-electron chi connectivity index (χ4n) is 1.70. The predicted molar refractivity (Wildman–Crippen MR) is 74.4 cm³/mol. The summed E-state index contributed by atoms with van der Waals surface area (Å²) >= 11 is 1.09. The topological polar surface area (TPSA) is 104 Å². The summed E-state index contributed by atoms with van der Waals surface area (Å²) in [6, 6.07) is 4.17. The van der Waals surface area contributed by atoms with Crippen molar-refractivity contribution in [1.29, 1.82) is 0 Å². The van der Waals surface area contributed by atoms with Gasteiger partial charge in [-0.3, -0.25) is 4.79 Å². The van der Waals surface area contributed by atoms with Crippen LogP contribution >= 0.6 is 11.3 Å². The summed E-state index contributed by atoms with van der Waals surface area (Å²) in [5.41, 5.74) is 7.17. The van der Waals surface area contributed by atoms with E-state index < -0.39 is 5.82 Å². The van der Waals surface area contributed by atoms with E-state index in [1.807, 2.05) is 0 Å². The Morgan fingerprint density at radius 1 is 1.45 bits per heavy atom. The summed E-state index contributed by atoms with van der Waals surface area (Å²) in [5.74, 6) is -0.609. The van der Waals surface area contributed by atoms with Gasteiger partial charge in [-0.2, -0.15) is 0 Å². The molecule has 0 amide bonds. The zero-order chi connectivity index (χ0) is 14.5. The van der Waals surface area contributed by atoms with Crippen molar-refractivity contribution in [3.8, 4) is 0 Å². The minimum Gasteiger partial charge on any atom is -0.409 e. The van der Waals surface area contributed by atoms with E-state index in [9.17, 15) is 9.18 Å². The van der Waals surface area contributed by atoms with Crippen LogP contribution in [0.5, 0.6) is 0 Å². The number of thiazole rings is 1. The van der Waals surface area contributed by atoms with E-state index in [1.165, 1.54) is 12.1 Å². The number of nitrogens with two attached hydrogens (primary N) is 1. The Morgan fingerprint density at radius 2 is 2.25 bits per heavy atom. The van der Waals surface area contributed by atoms with Crippen LogP contribution in [0.2, 0.25) is 0 Å². The number of halogens is 1. The van der Waals surface area contributed by atoms with E-state index in [2.05, 4.69) is 15.5 Å². The van der Waals surface area contributed by atoms with Crippen molar-refractivity contribution in [2.45, 2.75) is 13.1 Å². The molecule has 0 aliphatic rings. The maximum absolute atomic E-state index is 13.4. The lowest BCUT2D eigenvalue weighted by Crippen LogP contribution is -2.16. The van der Waals surface area contributed by atoms with Gasteiger partial charge in [0.25, 0.3) is 0 Å². The number of aromatic amines is 1. The zero-order valence-electron chi connectivity index (χ0n) is 10.4. The maximum Gasteiger partial charge on any atom is 0.304 e. The largest absolute Gasteiger partial charge is 0.409 e. The van der Waals surface area contributed by atoms with E-state index in [1.54, 1.807) is 11.4 Å². The number of oxime groups is 1. The van der Waals surface area contributed by atoms with Gasteiger partial charge in [0.05, 0.1) is 0 Å². The molecule has 0 spiro atoms.